The Morgan fingerprint density at radius 1 is 1.23 bits per heavy atom. The smallest absolute Gasteiger partial charge is 0.224 e. The highest BCUT2D eigenvalue weighted by molar-refractivity contribution is 7.18. The SMILES string of the molecule is Cc1nc2c(O)cc(CC(=O)NCc3ccccc3)cc2s1. The van der Waals surface area contributed by atoms with Crippen molar-refractivity contribution in [3.8, 4) is 5.75 Å². The number of benzene rings is 2. The molecule has 0 fully saturated rings. The molecule has 3 rings (SSSR count). The molecule has 0 spiro atoms. The van der Waals surface area contributed by atoms with Gasteiger partial charge in [-0.3, -0.25) is 4.79 Å². The fourth-order valence-corrected chi connectivity index (χ4v) is 3.24. The summed E-state index contributed by atoms with van der Waals surface area (Å²) in [7, 11) is 0. The van der Waals surface area contributed by atoms with Crippen LogP contribution in [0.2, 0.25) is 0 Å². The fourth-order valence-electron chi connectivity index (χ4n) is 2.32. The second-order valence-electron chi connectivity index (χ2n) is 5.13. The number of hydrogen-bond acceptors (Lipinski definition) is 4. The zero-order chi connectivity index (χ0) is 15.5. The van der Waals surface area contributed by atoms with Gasteiger partial charge in [0.25, 0.3) is 0 Å². The number of carbonyl (C=O) groups excluding carboxylic acids is 1. The number of aromatic hydroxyl groups is 1. The van der Waals surface area contributed by atoms with Crippen LogP contribution in [0.5, 0.6) is 5.75 Å². The molecule has 22 heavy (non-hydrogen) atoms. The quantitative estimate of drug-likeness (QED) is 0.778. The van der Waals surface area contributed by atoms with E-state index in [1.165, 1.54) is 11.3 Å². The minimum absolute atomic E-state index is 0.0659. The zero-order valence-corrected chi connectivity index (χ0v) is 13.0. The number of phenolic OH excluding ortho intramolecular Hbond substituents is 1. The first-order chi connectivity index (χ1) is 10.6. The van der Waals surface area contributed by atoms with Crippen LogP contribution in [0.25, 0.3) is 10.2 Å². The molecule has 0 unspecified atom stereocenters. The molecule has 3 aromatic rings. The van der Waals surface area contributed by atoms with Gasteiger partial charge in [0.15, 0.2) is 0 Å². The van der Waals surface area contributed by atoms with Crippen LogP contribution in [-0.2, 0) is 17.8 Å². The summed E-state index contributed by atoms with van der Waals surface area (Å²) in [6, 6.07) is 13.3. The van der Waals surface area contributed by atoms with Crippen molar-refractivity contribution in [3.05, 3.63) is 58.6 Å². The average Bonchev–Trinajstić information content (AvgIpc) is 2.87. The molecule has 112 valence electrons. The first kappa shape index (κ1) is 14.5. The van der Waals surface area contributed by atoms with Crippen LogP contribution >= 0.6 is 11.3 Å². The number of phenols is 1. The molecule has 0 saturated heterocycles. The summed E-state index contributed by atoms with van der Waals surface area (Å²) >= 11 is 1.51. The van der Waals surface area contributed by atoms with Gasteiger partial charge in [0, 0.05) is 6.54 Å². The maximum absolute atomic E-state index is 12.0. The van der Waals surface area contributed by atoms with Gasteiger partial charge in [0.1, 0.15) is 11.3 Å². The van der Waals surface area contributed by atoms with Gasteiger partial charge in [0.2, 0.25) is 5.91 Å². The van der Waals surface area contributed by atoms with E-state index in [0.29, 0.717) is 12.1 Å². The molecule has 4 nitrogen and oxygen atoms in total. The molecule has 2 N–H and O–H groups in total. The highest BCUT2D eigenvalue weighted by Gasteiger charge is 2.10. The Bertz CT molecular complexity index is 812. The van der Waals surface area contributed by atoms with Crippen LogP contribution in [0.3, 0.4) is 0 Å². The maximum atomic E-state index is 12.0. The predicted molar refractivity (Wildman–Crippen MR) is 88.0 cm³/mol. The number of thiazole rings is 1. The minimum Gasteiger partial charge on any atom is -0.506 e. The van der Waals surface area contributed by atoms with E-state index in [-0.39, 0.29) is 18.1 Å². The zero-order valence-electron chi connectivity index (χ0n) is 12.2. The predicted octanol–water partition coefficient (Wildman–Crippen LogP) is 3.17. The van der Waals surface area contributed by atoms with E-state index in [1.807, 2.05) is 43.3 Å². The van der Waals surface area contributed by atoms with Crippen molar-refractivity contribution in [1.29, 1.82) is 0 Å². The normalized spacial score (nSPS) is 10.8. The number of amides is 1. The molecule has 0 saturated carbocycles. The number of nitrogens with zero attached hydrogens (tertiary/aromatic N) is 1. The third-order valence-electron chi connectivity index (χ3n) is 3.34. The topological polar surface area (TPSA) is 62.2 Å². The lowest BCUT2D eigenvalue weighted by molar-refractivity contribution is -0.120. The van der Waals surface area contributed by atoms with E-state index >= 15 is 0 Å². The molecule has 0 aliphatic rings. The highest BCUT2D eigenvalue weighted by atomic mass is 32.1. The maximum Gasteiger partial charge on any atom is 0.224 e. The molecule has 5 heteroatoms. The number of aromatic nitrogens is 1. The van der Waals surface area contributed by atoms with E-state index in [4.69, 9.17) is 0 Å². The van der Waals surface area contributed by atoms with Crippen LogP contribution in [0.1, 0.15) is 16.1 Å². The first-order valence-corrected chi connectivity index (χ1v) is 7.83. The number of aryl methyl sites for hydroxylation is 1. The van der Waals surface area contributed by atoms with Crippen molar-refractivity contribution in [2.45, 2.75) is 19.9 Å². The first-order valence-electron chi connectivity index (χ1n) is 7.01. The highest BCUT2D eigenvalue weighted by Crippen LogP contribution is 2.30. The van der Waals surface area contributed by atoms with Crippen molar-refractivity contribution < 1.29 is 9.90 Å². The van der Waals surface area contributed by atoms with Crippen LogP contribution in [0.15, 0.2) is 42.5 Å². The van der Waals surface area contributed by atoms with E-state index in [1.54, 1.807) is 6.07 Å². The molecule has 0 aliphatic carbocycles. The standard InChI is InChI=1S/C17H16N2O2S/c1-11-19-17-14(20)7-13(8-15(17)22-11)9-16(21)18-10-12-5-3-2-4-6-12/h2-8,20H,9-10H2,1H3,(H,18,21). The van der Waals surface area contributed by atoms with E-state index in [2.05, 4.69) is 10.3 Å². The molecule has 0 aliphatic heterocycles. The minimum atomic E-state index is -0.0659. The lowest BCUT2D eigenvalue weighted by Gasteiger charge is -2.06. The number of rotatable bonds is 4. The second-order valence-corrected chi connectivity index (χ2v) is 6.37. The van der Waals surface area contributed by atoms with Crippen LogP contribution in [0.4, 0.5) is 0 Å². The Morgan fingerprint density at radius 3 is 2.77 bits per heavy atom. The summed E-state index contributed by atoms with van der Waals surface area (Å²) in [5.41, 5.74) is 2.46. The third-order valence-corrected chi connectivity index (χ3v) is 4.26. The summed E-state index contributed by atoms with van der Waals surface area (Å²) in [4.78, 5) is 16.3. The van der Waals surface area contributed by atoms with Gasteiger partial charge in [-0.2, -0.15) is 0 Å². The Morgan fingerprint density at radius 2 is 2.00 bits per heavy atom. The molecule has 1 amide bonds. The largest absolute Gasteiger partial charge is 0.506 e. The van der Waals surface area contributed by atoms with Crippen LogP contribution in [0, 0.1) is 6.92 Å². The summed E-state index contributed by atoms with van der Waals surface area (Å²) in [6.07, 6.45) is 0.243. The third kappa shape index (κ3) is 3.26. The van der Waals surface area contributed by atoms with Crippen molar-refractivity contribution in [2.24, 2.45) is 0 Å². The number of carbonyl (C=O) groups is 1. The Balaban J connectivity index is 1.68. The molecule has 2 aromatic carbocycles. The summed E-state index contributed by atoms with van der Waals surface area (Å²) < 4.78 is 0.906. The summed E-state index contributed by atoms with van der Waals surface area (Å²) in [5, 5.41) is 13.8. The lowest BCUT2D eigenvalue weighted by Crippen LogP contribution is -2.24. The monoisotopic (exact) mass is 312 g/mol. The van der Waals surface area contributed by atoms with Crippen molar-refractivity contribution in [1.82, 2.24) is 10.3 Å². The van der Waals surface area contributed by atoms with Crippen LogP contribution in [-0.4, -0.2) is 16.0 Å². The van der Waals surface area contributed by atoms with Gasteiger partial charge in [-0.15, -0.1) is 11.3 Å². The molecule has 0 atom stereocenters. The summed E-state index contributed by atoms with van der Waals surface area (Å²) in [5.74, 6) is 0.0662. The average molecular weight is 312 g/mol. The molecule has 0 radical (unpaired) electrons. The van der Waals surface area contributed by atoms with Gasteiger partial charge in [-0.1, -0.05) is 30.3 Å². The van der Waals surface area contributed by atoms with Crippen molar-refractivity contribution in [3.63, 3.8) is 0 Å². The van der Waals surface area contributed by atoms with Gasteiger partial charge >= 0.3 is 0 Å². The van der Waals surface area contributed by atoms with Gasteiger partial charge < -0.3 is 10.4 Å². The fraction of sp³-hybridized carbons (Fsp3) is 0.176. The molecular weight excluding hydrogens is 296 g/mol. The molecular formula is C17H16N2O2S. The molecule has 0 bridgehead atoms. The second kappa shape index (κ2) is 6.15. The Kier molecular flexibility index (Phi) is 4.06. The Labute approximate surface area is 132 Å². The van der Waals surface area contributed by atoms with Gasteiger partial charge in [0.05, 0.1) is 16.1 Å². The summed E-state index contributed by atoms with van der Waals surface area (Å²) in [6.45, 7) is 2.41. The number of nitrogens with one attached hydrogen (secondary N) is 1. The molecule has 1 aromatic heterocycles. The van der Waals surface area contributed by atoms with Gasteiger partial charge in [-0.25, -0.2) is 4.98 Å². The van der Waals surface area contributed by atoms with E-state index in [0.717, 1.165) is 20.8 Å². The number of hydrogen-bond donors (Lipinski definition) is 2. The van der Waals surface area contributed by atoms with Gasteiger partial charge in [-0.05, 0) is 30.2 Å². The Hall–Kier alpha value is -2.40. The van der Waals surface area contributed by atoms with Crippen molar-refractivity contribution in [2.75, 3.05) is 0 Å². The molecule has 1 heterocycles. The number of fused-ring (bicyclic) bond motifs is 1. The van der Waals surface area contributed by atoms with E-state index in [9.17, 15) is 9.90 Å². The van der Waals surface area contributed by atoms with E-state index < -0.39 is 0 Å². The van der Waals surface area contributed by atoms with Crippen molar-refractivity contribution >= 4 is 27.5 Å². The van der Waals surface area contributed by atoms with Crippen LogP contribution < -0.4 is 5.32 Å². The lowest BCUT2D eigenvalue weighted by atomic mass is 10.1.